The molecule has 2 heterocycles. The van der Waals surface area contributed by atoms with Crippen molar-refractivity contribution < 1.29 is 4.79 Å². The molecule has 0 bridgehead atoms. The predicted octanol–water partition coefficient (Wildman–Crippen LogP) is 2.57. The van der Waals surface area contributed by atoms with Gasteiger partial charge in [0.25, 0.3) is 5.91 Å². The zero-order valence-corrected chi connectivity index (χ0v) is 11.5. The molecule has 0 unspecified atom stereocenters. The Labute approximate surface area is 125 Å². The van der Waals surface area contributed by atoms with Crippen molar-refractivity contribution in [3.8, 4) is 5.82 Å². The number of amides is 1. The van der Waals surface area contributed by atoms with Gasteiger partial charge in [0.1, 0.15) is 18.5 Å². The van der Waals surface area contributed by atoms with Crippen molar-refractivity contribution in [1.29, 1.82) is 0 Å². The highest BCUT2D eigenvalue weighted by molar-refractivity contribution is 6.30. The summed E-state index contributed by atoms with van der Waals surface area (Å²) in [6.07, 6.45) is 4.67. The molecule has 0 aliphatic heterocycles. The first-order valence-electron chi connectivity index (χ1n) is 6.10. The maximum absolute atomic E-state index is 12.0. The minimum Gasteiger partial charge on any atom is -0.321 e. The molecule has 2 aromatic heterocycles. The van der Waals surface area contributed by atoms with Crippen molar-refractivity contribution in [3.05, 3.63) is 65.8 Å². The first kappa shape index (κ1) is 13.3. The summed E-state index contributed by atoms with van der Waals surface area (Å²) in [7, 11) is 0. The summed E-state index contributed by atoms with van der Waals surface area (Å²) in [4.78, 5) is 16.3. The molecule has 0 saturated heterocycles. The second-order valence-corrected chi connectivity index (χ2v) is 4.67. The molecule has 0 atom stereocenters. The van der Waals surface area contributed by atoms with E-state index in [1.165, 1.54) is 0 Å². The average Bonchev–Trinajstić information content (AvgIpc) is 3.03. The molecule has 21 heavy (non-hydrogen) atoms. The summed E-state index contributed by atoms with van der Waals surface area (Å²) in [5.41, 5.74) is 1.13. The highest BCUT2D eigenvalue weighted by Crippen LogP contribution is 2.13. The SMILES string of the molecule is O=C(Nc1ccc(-n2cnnc2)nc1)c1ccc(Cl)cc1. The normalized spacial score (nSPS) is 10.3. The number of hydrogen-bond donors (Lipinski definition) is 1. The number of nitrogens with zero attached hydrogens (tertiary/aromatic N) is 4. The highest BCUT2D eigenvalue weighted by Gasteiger charge is 2.06. The number of carbonyl (C=O) groups excluding carboxylic acids is 1. The minimum atomic E-state index is -0.217. The summed E-state index contributed by atoms with van der Waals surface area (Å²) in [5, 5.41) is 10.8. The fourth-order valence-electron chi connectivity index (χ4n) is 1.74. The van der Waals surface area contributed by atoms with Crippen LogP contribution in [0.1, 0.15) is 10.4 Å². The summed E-state index contributed by atoms with van der Waals surface area (Å²) >= 11 is 5.79. The molecule has 0 aliphatic carbocycles. The minimum absolute atomic E-state index is 0.217. The fraction of sp³-hybridized carbons (Fsp3) is 0. The van der Waals surface area contributed by atoms with Crippen molar-refractivity contribution in [2.24, 2.45) is 0 Å². The Hall–Kier alpha value is -2.73. The number of carbonyl (C=O) groups is 1. The van der Waals surface area contributed by atoms with Crippen LogP contribution in [0, 0.1) is 0 Å². The number of anilines is 1. The van der Waals surface area contributed by atoms with Gasteiger partial charge in [0, 0.05) is 10.6 Å². The van der Waals surface area contributed by atoms with Gasteiger partial charge in [-0.15, -0.1) is 10.2 Å². The molecular weight excluding hydrogens is 290 g/mol. The van der Waals surface area contributed by atoms with Gasteiger partial charge in [0.15, 0.2) is 0 Å². The van der Waals surface area contributed by atoms with Crippen molar-refractivity contribution in [2.45, 2.75) is 0 Å². The summed E-state index contributed by atoms with van der Waals surface area (Å²) in [5.74, 6) is 0.454. The molecule has 0 aliphatic rings. The van der Waals surface area contributed by atoms with Crippen LogP contribution in [-0.2, 0) is 0 Å². The lowest BCUT2D eigenvalue weighted by Crippen LogP contribution is -2.12. The van der Waals surface area contributed by atoms with Gasteiger partial charge in [-0.05, 0) is 36.4 Å². The quantitative estimate of drug-likeness (QED) is 0.806. The number of pyridine rings is 1. The zero-order valence-electron chi connectivity index (χ0n) is 10.8. The van der Waals surface area contributed by atoms with Crippen LogP contribution in [0.4, 0.5) is 5.69 Å². The molecule has 3 rings (SSSR count). The van der Waals surface area contributed by atoms with Gasteiger partial charge < -0.3 is 5.32 Å². The lowest BCUT2D eigenvalue weighted by Gasteiger charge is -2.06. The number of aromatic nitrogens is 4. The third-order valence-electron chi connectivity index (χ3n) is 2.80. The summed E-state index contributed by atoms with van der Waals surface area (Å²) in [6.45, 7) is 0. The molecule has 3 aromatic rings. The molecule has 0 spiro atoms. The first-order valence-corrected chi connectivity index (χ1v) is 6.48. The smallest absolute Gasteiger partial charge is 0.255 e. The van der Waals surface area contributed by atoms with Crippen molar-refractivity contribution in [1.82, 2.24) is 19.7 Å². The average molecular weight is 300 g/mol. The Morgan fingerprint density at radius 2 is 1.76 bits per heavy atom. The molecule has 0 saturated carbocycles. The van der Waals surface area contributed by atoms with Gasteiger partial charge in [0.05, 0.1) is 11.9 Å². The van der Waals surface area contributed by atoms with Gasteiger partial charge in [-0.3, -0.25) is 9.36 Å². The maximum atomic E-state index is 12.0. The standard InChI is InChI=1S/C14H10ClN5O/c15-11-3-1-10(2-4-11)14(21)19-12-5-6-13(16-7-12)20-8-17-18-9-20/h1-9H,(H,19,21). The lowest BCUT2D eigenvalue weighted by molar-refractivity contribution is 0.102. The van der Waals surface area contributed by atoms with Crippen molar-refractivity contribution >= 4 is 23.2 Å². The molecule has 104 valence electrons. The maximum Gasteiger partial charge on any atom is 0.255 e. The topological polar surface area (TPSA) is 72.7 Å². The van der Waals surface area contributed by atoms with Crippen LogP contribution in [0.3, 0.4) is 0 Å². The second kappa shape index (κ2) is 5.72. The van der Waals surface area contributed by atoms with Crippen LogP contribution in [-0.4, -0.2) is 25.7 Å². The monoisotopic (exact) mass is 299 g/mol. The van der Waals surface area contributed by atoms with E-state index in [9.17, 15) is 4.79 Å². The van der Waals surface area contributed by atoms with Crippen molar-refractivity contribution in [2.75, 3.05) is 5.32 Å². The van der Waals surface area contributed by atoms with Crippen LogP contribution >= 0.6 is 11.6 Å². The Morgan fingerprint density at radius 1 is 1.05 bits per heavy atom. The van der Waals surface area contributed by atoms with Crippen LogP contribution in [0.5, 0.6) is 0 Å². The number of hydrogen-bond acceptors (Lipinski definition) is 4. The van der Waals surface area contributed by atoms with E-state index >= 15 is 0 Å². The van der Waals surface area contributed by atoms with E-state index in [1.807, 2.05) is 0 Å². The van der Waals surface area contributed by atoms with E-state index < -0.39 is 0 Å². The molecule has 6 nitrogen and oxygen atoms in total. The molecule has 0 radical (unpaired) electrons. The fourth-order valence-corrected chi connectivity index (χ4v) is 1.86. The van der Waals surface area contributed by atoms with E-state index in [1.54, 1.807) is 59.8 Å². The number of nitrogens with one attached hydrogen (secondary N) is 1. The number of benzene rings is 1. The van der Waals surface area contributed by atoms with E-state index in [-0.39, 0.29) is 5.91 Å². The third kappa shape index (κ3) is 3.06. The summed E-state index contributed by atoms with van der Waals surface area (Å²) < 4.78 is 1.67. The highest BCUT2D eigenvalue weighted by atomic mass is 35.5. The van der Waals surface area contributed by atoms with Gasteiger partial charge in [0.2, 0.25) is 0 Å². The van der Waals surface area contributed by atoms with E-state index in [2.05, 4.69) is 20.5 Å². The Kier molecular flexibility index (Phi) is 3.61. The van der Waals surface area contributed by atoms with Crippen molar-refractivity contribution in [3.63, 3.8) is 0 Å². The molecule has 1 amide bonds. The van der Waals surface area contributed by atoms with Gasteiger partial charge in [-0.1, -0.05) is 11.6 Å². The van der Waals surface area contributed by atoms with Gasteiger partial charge >= 0.3 is 0 Å². The number of halogens is 1. The molecule has 1 aromatic carbocycles. The van der Waals surface area contributed by atoms with Crippen LogP contribution < -0.4 is 5.32 Å². The number of rotatable bonds is 3. The zero-order chi connectivity index (χ0) is 14.7. The Bertz CT molecular complexity index is 738. The summed E-state index contributed by atoms with van der Waals surface area (Å²) in [6, 6.07) is 10.2. The third-order valence-corrected chi connectivity index (χ3v) is 3.05. The molecule has 1 N–H and O–H groups in total. The van der Waals surface area contributed by atoms with Gasteiger partial charge in [-0.25, -0.2) is 4.98 Å². The lowest BCUT2D eigenvalue weighted by atomic mass is 10.2. The van der Waals surface area contributed by atoms with Crippen LogP contribution in [0.25, 0.3) is 5.82 Å². The molecule has 0 fully saturated rings. The van der Waals surface area contributed by atoms with Gasteiger partial charge in [-0.2, -0.15) is 0 Å². The largest absolute Gasteiger partial charge is 0.321 e. The molecule has 7 heteroatoms. The predicted molar refractivity (Wildman–Crippen MR) is 78.6 cm³/mol. The second-order valence-electron chi connectivity index (χ2n) is 4.24. The van der Waals surface area contributed by atoms with Crippen LogP contribution in [0.15, 0.2) is 55.2 Å². The van der Waals surface area contributed by atoms with Crippen LogP contribution in [0.2, 0.25) is 5.02 Å². The first-order chi connectivity index (χ1) is 10.2. The molecular formula is C14H10ClN5O. The Balaban J connectivity index is 1.73. The van der Waals surface area contributed by atoms with E-state index in [0.29, 0.717) is 22.1 Å². The van der Waals surface area contributed by atoms with E-state index in [0.717, 1.165) is 0 Å². The van der Waals surface area contributed by atoms with E-state index in [4.69, 9.17) is 11.6 Å². The Morgan fingerprint density at radius 3 is 2.38 bits per heavy atom.